The van der Waals surface area contributed by atoms with Gasteiger partial charge in [-0.15, -0.1) is 0 Å². The Kier molecular flexibility index (Phi) is 3.19. The largest absolute Gasteiger partial charge is 0.366 e. The minimum Gasteiger partial charge on any atom is -0.366 e. The van der Waals surface area contributed by atoms with Crippen LogP contribution >= 0.6 is 11.3 Å². The zero-order chi connectivity index (χ0) is 12.4. The van der Waals surface area contributed by atoms with Gasteiger partial charge in [0.25, 0.3) is 0 Å². The van der Waals surface area contributed by atoms with E-state index in [1.807, 2.05) is 0 Å². The summed E-state index contributed by atoms with van der Waals surface area (Å²) in [6.07, 6.45) is 1.05. The van der Waals surface area contributed by atoms with Crippen molar-refractivity contribution >= 4 is 22.2 Å². The summed E-state index contributed by atoms with van der Waals surface area (Å²) in [5, 5.41) is 4.38. The number of fused-ring (bicyclic) bond motifs is 1. The van der Waals surface area contributed by atoms with Gasteiger partial charge < -0.3 is 10.2 Å². The molecule has 1 aliphatic rings. The minimum atomic E-state index is 0.939. The first-order valence-electron chi connectivity index (χ1n) is 6.39. The van der Waals surface area contributed by atoms with Crippen LogP contribution in [0.4, 0.5) is 10.8 Å². The number of thiazole rings is 1. The molecule has 0 fully saturated rings. The fourth-order valence-corrected chi connectivity index (χ4v) is 3.37. The van der Waals surface area contributed by atoms with Crippen LogP contribution in [-0.2, 0) is 13.0 Å². The van der Waals surface area contributed by atoms with Crippen molar-refractivity contribution in [2.24, 2.45) is 0 Å². The van der Waals surface area contributed by atoms with Crippen LogP contribution in [0, 0.1) is 0 Å². The molecule has 0 aliphatic carbocycles. The van der Waals surface area contributed by atoms with Gasteiger partial charge in [-0.05, 0) is 19.1 Å². The molecule has 3 rings (SSSR count). The average molecular weight is 259 g/mol. The van der Waals surface area contributed by atoms with Gasteiger partial charge in [-0.1, -0.05) is 29.5 Å². The monoisotopic (exact) mass is 259 g/mol. The van der Waals surface area contributed by atoms with Gasteiger partial charge in [0.05, 0.1) is 12.2 Å². The molecule has 4 heteroatoms. The van der Waals surface area contributed by atoms with Crippen LogP contribution in [0.25, 0.3) is 0 Å². The Morgan fingerprint density at radius 3 is 2.94 bits per heavy atom. The fourth-order valence-electron chi connectivity index (χ4n) is 2.28. The van der Waals surface area contributed by atoms with Crippen molar-refractivity contribution in [1.82, 2.24) is 4.98 Å². The van der Waals surface area contributed by atoms with Crippen LogP contribution in [0.5, 0.6) is 0 Å². The number of rotatable bonds is 3. The zero-order valence-corrected chi connectivity index (χ0v) is 11.3. The standard InChI is InChI=1S/C14H17N3S/c1-2-15-14-16-12-8-9-17(10-13(12)18-14)11-6-4-3-5-7-11/h3-7H,2,8-10H2,1H3,(H,15,16). The molecule has 18 heavy (non-hydrogen) atoms. The number of anilines is 2. The summed E-state index contributed by atoms with van der Waals surface area (Å²) in [5.41, 5.74) is 2.59. The Hall–Kier alpha value is -1.55. The van der Waals surface area contributed by atoms with E-state index >= 15 is 0 Å². The van der Waals surface area contributed by atoms with E-state index in [0.29, 0.717) is 0 Å². The summed E-state index contributed by atoms with van der Waals surface area (Å²) in [6.45, 7) is 5.10. The maximum absolute atomic E-state index is 4.65. The molecule has 94 valence electrons. The lowest BCUT2D eigenvalue weighted by molar-refractivity contribution is 0.729. The molecule has 0 saturated carbocycles. The molecule has 0 atom stereocenters. The van der Waals surface area contributed by atoms with E-state index in [0.717, 1.165) is 31.2 Å². The molecule has 0 amide bonds. The molecule has 0 radical (unpaired) electrons. The van der Waals surface area contributed by atoms with Crippen molar-refractivity contribution in [2.45, 2.75) is 19.9 Å². The third kappa shape index (κ3) is 2.20. The van der Waals surface area contributed by atoms with Crippen LogP contribution in [0.3, 0.4) is 0 Å². The molecule has 1 aromatic heterocycles. The highest BCUT2D eigenvalue weighted by Crippen LogP contribution is 2.30. The topological polar surface area (TPSA) is 28.2 Å². The van der Waals surface area contributed by atoms with Gasteiger partial charge in [0.15, 0.2) is 5.13 Å². The SMILES string of the molecule is CCNc1nc2c(s1)CN(c1ccccc1)CC2. The highest BCUT2D eigenvalue weighted by atomic mass is 32.1. The number of aromatic nitrogens is 1. The Labute approximate surface area is 111 Å². The maximum atomic E-state index is 4.65. The smallest absolute Gasteiger partial charge is 0.183 e. The van der Waals surface area contributed by atoms with E-state index in [1.54, 1.807) is 11.3 Å². The van der Waals surface area contributed by atoms with Gasteiger partial charge in [0, 0.05) is 30.1 Å². The van der Waals surface area contributed by atoms with E-state index in [-0.39, 0.29) is 0 Å². The Morgan fingerprint density at radius 2 is 2.17 bits per heavy atom. The van der Waals surface area contributed by atoms with Crippen LogP contribution in [0.1, 0.15) is 17.5 Å². The number of para-hydroxylation sites is 1. The molecular formula is C14H17N3S. The van der Waals surface area contributed by atoms with Gasteiger partial charge in [-0.25, -0.2) is 4.98 Å². The van der Waals surface area contributed by atoms with E-state index in [1.165, 1.54) is 16.3 Å². The quantitative estimate of drug-likeness (QED) is 0.918. The van der Waals surface area contributed by atoms with E-state index in [9.17, 15) is 0 Å². The molecular weight excluding hydrogens is 242 g/mol. The van der Waals surface area contributed by atoms with Crippen molar-refractivity contribution < 1.29 is 0 Å². The lowest BCUT2D eigenvalue weighted by atomic mass is 10.1. The van der Waals surface area contributed by atoms with Crippen molar-refractivity contribution in [3.8, 4) is 0 Å². The normalized spacial score (nSPS) is 14.4. The Balaban J connectivity index is 1.80. The first-order valence-corrected chi connectivity index (χ1v) is 7.21. The number of nitrogens with one attached hydrogen (secondary N) is 1. The fraction of sp³-hybridized carbons (Fsp3) is 0.357. The second kappa shape index (κ2) is 4.98. The van der Waals surface area contributed by atoms with E-state index < -0.39 is 0 Å². The number of hydrogen-bond donors (Lipinski definition) is 1. The Morgan fingerprint density at radius 1 is 1.33 bits per heavy atom. The maximum Gasteiger partial charge on any atom is 0.183 e. The molecule has 0 unspecified atom stereocenters. The van der Waals surface area contributed by atoms with E-state index in [4.69, 9.17) is 0 Å². The number of hydrogen-bond acceptors (Lipinski definition) is 4. The molecule has 1 aliphatic heterocycles. The Bertz CT molecular complexity index is 521. The van der Waals surface area contributed by atoms with Crippen LogP contribution in [0.15, 0.2) is 30.3 Å². The first kappa shape index (κ1) is 11.5. The molecule has 0 bridgehead atoms. The van der Waals surface area contributed by atoms with Gasteiger partial charge in [0.1, 0.15) is 0 Å². The zero-order valence-electron chi connectivity index (χ0n) is 10.5. The van der Waals surface area contributed by atoms with Gasteiger partial charge in [-0.3, -0.25) is 0 Å². The second-order valence-corrected chi connectivity index (χ2v) is 5.51. The average Bonchev–Trinajstić information content (AvgIpc) is 2.81. The summed E-state index contributed by atoms with van der Waals surface area (Å²) >= 11 is 1.79. The molecule has 3 nitrogen and oxygen atoms in total. The highest BCUT2D eigenvalue weighted by molar-refractivity contribution is 7.15. The first-order chi connectivity index (χ1) is 8.86. The summed E-state index contributed by atoms with van der Waals surface area (Å²) in [4.78, 5) is 8.48. The highest BCUT2D eigenvalue weighted by Gasteiger charge is 2.20. The number of nitrogens with zero attached hydrogens (tertiary/aromatic N) is 2. The van der Waals surface area contributed by atoms with Crippen LogP contribution in [0.2, 0.25) is 0 Å². The summed E-state index contributed by atoms with van der Waals surface area (Å²) in [6, 6.07) is 10.6. The minimum absolute atomic E-state index is 0.939. The molecule has 0 saturated heterocycles. The molecule has 2 heterocycles. The van der Waals surface area contributed by atoms with Crippen molar-refractivity contribution in [3.05, 3.63) is 40.9 Å². The van der Waals surface area contributed by atoms with Gasteiger partial charge in [-0.2, -0.15) is 0 Å². The lowest BCUT2D eigenvalue weighted by Crippen LogP contribution is -2.29. The number of benzene rings is 1. The molecule has 1 N–H and O–H groups in total. The van der Waals surface area contributed by atoms with Gasteiger partial charge >= 0.3 is 0 Å². The van der Waals surface area contributed by atoms with Crippen molar-refractivity contribution in [1.29, 1.82) is 0 Å². The molecule has 1 aromatic carbocycles. The third-order valence-electron chi connectivity index (χ3n) is 3.18. The third-order valence-corrected chi connectivity index (χ3v) is 4.22. The molecule has 2 aromatic rings. The van der Waals surface area contributed by atoms with Crippen molar-refractivity contribution in [3.63, 3.8) is 0 Å². The predicted octanol–water partition coefficient (Wildman–Crippen LogP) is 3.14. The summed E-state index contributed by atoms with van der Waals surface area (Å²) in [7, 11) is 0. The van der Waals surface area contributed by atoms with Gasteiger partial charge in [0.2, 0.25) is 0 Å². The van der Waals surface area contributed by atoms with Crippen LogP contribution < -0.4 is 10.2 Å². The van der Waals surface area contributed by atoms with E-state index in [2.05, 4.69) is 52.5 Å². The predicted molar refractivity (Wildman–Crippen MR) is 77.5 cm³/mol. The summed E-state index contributed by atoms with van der Waals surface area (Å²) in [5.74, 6) is 0. The second-order valence-electron chi connectivity index (χ2n) is 4.43. The van der Waals surface area contributed by atoms with Crippen molar-refractivity contribution in [2.75, 3.05) is 23.3 Å². The van der Waals surface area contributed by atoms with Crippen LogP contribution in [-0.4, -0.2) is 18.1 Å². The lowest BCUT2D eigenvalue weighted by Gasteiger charge is -2.28. The summed E-state index contributed by atoms with van der Waals surface area (Å²) < 4.78 is 0. The molecule has 0 spiro atoms.